The summed E-state index contributed by atoms with van der Waals surface area (Å²) in [6.45, 7) is -0.0470. The molecule has 1 fully saturated rings. The van der Waals surface area contributed by atoms with Crippen LogP contribution in [0.1, 0.15) is 21.5 Å². The predicted molar refractivity (Wildman–Crippen MR) is 132 cm³/mol. The van der Waals surface area contributed by atoms with E-state index in [1.165, 1.54) is 13.2 Å². The third-order valence-electron chi connectivity index (χ3n) is 4.99. The molecule has 0 aromatic heterocycles. The number of amides is 2. The standard InChI is InChI=1S/C25H17Cl2NO5S/c1-32-17-11-9-15(10-12-17)24(30)33-21-8-3-2-5-16(21)13-22-23(29)28(25(31)34-22)14-18-19(26)6-4-7-20(18)27/h2-13H,14H2,1H3/b22-13-. The van der Waals surface area contributed by atoms with Gasteiger partial charge in [0.25, 0.3) is 11.1 Å². The molecule has 4 rings (SSSR count). The molecule has 6 nitrogen and oxygen atoms in total. The van der Waals surface area contributed by atoms with E-state index >= 15 is 0 Å². The Kier molecular flexibility index (Phi) is 7.26. The molecule has 3 aromatic rings. The molecule has 0 unspecified atom stereocenters. The third-order valence-corrected chi connectivity index (χ3v) is 6.60. The maximum absolute atomic E-state index is 13.0. The number of ether oxygens (including phenoxy) is 2. The second-order valence-corrected chi connectivity index (χ2v) is 8.93. The summed E-state index contributed by atoms with van der Waals surface area (Å²) >= 11 is 13.2. The Labute approximate surface area is 210 Å². The lowest BCUT2D eigenvalue weighted by molar-refractivity contribution is -0.123. The lowest BCUT2D eigenvalue weighted by Gasteiger charge is -2.14. The SMILES string of the molecule is COc1ccc(C(=O)Oc2ccccc2/C=C2\SC(=O)N(Cc3c(Cl)cccc3Cl)C2=O)cc1. The molecule has 1 aliphatic heterocycles. The lowest BCUT2D eigenvalue weighted by Crippen LogP contribution is -2.27. The number of nitrogens with zero attached hydrogens (tertiary/aromatic N) is 1. The topological polar surface area (TPSA) is 72.9 Å². The number of thioether (sulfide) groups is 1. The average Bonchev–Trinajstić information content (AvgIpc) is 3.09. The van der Waals surface area contributed by atoms with Gasteiger partial charge < -0.3 is 9.47 Å². The summed E-state index contributed by atoms with van der Waals surface area (Å²) in [6, 6.07) is 18.2. The Morgan fingerprint density at radius 1 is 0.971 bits per heavy atom. The Morgan fingerprint density at radius 3 is 2.32 bits per heavy atom. The van der Waals surface area contributed by atoms with Crippen LogP contribution in [0.4, 0.5) is 4.79 Å². The Morgan fingerprint density at radius 2 is 1.65 bits per heavy atom. The highest BCUT2D eigenvalue weighted by atomic mass is 35.5. The second-order valence-electron chi connectivity index (χ2n) is 7.12. The van der Waals surface area contributed by atoms with Crippen molar-refractivity contribution in [3.8, 4) is 11.5 Å². The molecule has 1 saturated heterocycles. The van der Waals surface area contributed by atoms with Crippen molar-refractivity contribution in [1.82, 2.24) is 4.90 Å². The van der Waals surface area contributed by atoms with Gasteiger partial charge >= 0.3 is 5.97 Å². The van der Waals surface area contributed by atoms with E-state index in [0.29, 0.717) is 32.5 Å². The highest BCUT2D eigenvalue weighted by Gasteiger charge is 2.36. The van der Waals surface area contributed by atoms with Crippen LogP contribution in [0, 0.1) is 0 Å². The summed E-state index contributed by atoms with van der Waals surface area (Å²) in [5.74, 6) is -0.178. The molecule has 0 atom stereocenters. The van der Waals surface area contributed by atoms with Gasteiger partial charge in [-0.15, -0.1) is 0 Å². The van der Waals surface area contributed by atoms with Gasteiger partial charge in [0.15, 0.2) is 0 Å². The molecule has 0 radical (unpaired) electrons. The number of hydrogen-bond donors (Lipinski definition) is 0. The fraction of sp³-hybridized carbons (Fsp3) is 0.0800. The van der Waals surface area contributed by atoms with Crippen molar-refractivity contribution in [2.75, 3.05) is 7.11 Å². The summed E-state index contributed by atoms with van der Waals surface area (Å²) < 4.78 is 10.7. The number of carbonyl (C=O) groups excluding carboxylic acids is 3. The molecule has 0 saturated carbocycles. The highest BCUT2D eigenvalue weighted by Crippen LogP contribution is 2.36. The number of imide groups is 1. The van der Waals surface area contributed by atoms with Gasteiger partial charge in [0.1, 0.15) is 11.5 Å². The van der Waals surface area contributed by atoms with Gasteiger partial charge in [-0.05, 0) is 60.3 Å². The smallest absolute Gasteiger partial charge is 0.343 e. The molecule has 0 bridgehead atoms. The van der Waals surface area contributed by atoms with Gasteiger partial charge in [-0.2, -0.15) is 0 Å². The van der Waals surface area contributed by atoms with E-state index in [4.69, 9.17) is 32.7 Å². The third kappa shape index (κ3) is 5.12. The first-order valence-corrected chi connectivity index (χ1v) is 11.6. The van der Waals surface area contributed by atoms with E-state index < -0.39 is 17.1 Å². The van der Waals surface area contributed by atoms with Crippen molar-refractivity contribution in [3.05, 3.63) is 98.4 Å². The minimum absolute atomic E-state index is 0.0470. The zero-order chi connectivity index (χ0) is 24.2. The van der Waals surface area contributed by atoms with Crippen LogP contribution in [0.15, 0.2) is 71.6 Å². The first kappa shape index (κ1) is 23.9. The number of methoxy groups -OCH3 is 1. The second kappa shape index (κ2) is 10.3. The maximum atomic E-state index is 13.0. The van der Waals surface area contributed by atoms with Crippen molar-refractivity contribution in [3.63, 3.8) is 0 Å². The van der Waals surface area contributed by atoms with E-state index in [2.05, 4.69) is 0 Å². The van der Waals surface area contributed by atoms with Gasteiger partial charge in [-0.3, -0.25) is 14.5 Å². The van der Waals surface area contributed by atoms with E-state index in [9.17, 15) is 14.4 Å². The van der Waals surface area contributed by atoms with E-state index in [1.807, 2.05) is 0 Å². The molecule has 0 N–H and O–H groups in total. The number of benzene rings is 3. The van der Waals surface area contributed by atoms with Crippen LogP contribution < -0.4 is 9.47 Å². The van der Waals surface area contributed by atoms with Gasteiger partial charge in [-0.25, -0.2) is 4.79 Å². The lowest BCUT2D eigenvalue weighted by atomic mass is 10.1. The molecule has 0 aliphatic carbocycles. The minimum Gasteiger partial charge on any atom is -0.497 e. The zero-order valence-corrected chi connectivity index (χ0v) is 20.1. The molecular formula is C25H17Cl2NO5S. The molecular weight excluding hydrogens is 497 g/mol. The first-order chi connectivity index (χ1) is 16.4. The van der Waals surface area contributed by atoms with Crippen molar-refractivity contribution < 1.29 is 23.9 Å². The van der Waals surface area contributed by atoms with Gasteiger partial charge in [0, 0.05) is 21.2 Å². The van der Waals surface area contributed by atoms with Crippen LogP contribution in [0.3, 0.4) is 0 Å². The minimum atomic E-state index is -0.565. The molecule has 172 valence electrons. The fourth-order valence-corrected chi connectivity index (χ4v) is 4.54. The summed E-state index contributed by atoms with van der Waals surface area (Å²) in [5, 5.41) is 0.289. The number of hydrogen-bond acceptors (Lipinski definition) is 6. The van der Waals surface area contributed by atoms with Crippen LogP contribution >= 0.6 is 35.0 Å². The Balaban J connectivity index is 1.56. The summed E-state index contributed by atoms with van der Waals surface area (Å²) in [6.07, 6.45) is 1.52. The maximum Gasteiger partial charge on any atom is 0.343 e. The molecule has 34 heavy (non-hydrogen) atoms. The number of para-hydroxylation sites is 1. The number of rotatable bonds is 6. The first-order valence-electron chi connectivity index (χ1n) is 10.0. The van der Waals surface area contributed by atoms with Gasteiger partial charge in [0.05, 0.1) is 24.1 Å². The molecule has 3 aromatic carbocycles. The van der Waals surface area contributed by atoms with Gasteiger partial charge in [-0.1, -0.05) is 47.5 Å². The summed E-state index contributed by atoms with van der Waals surface area (Å²) in [5.41, 5.74) is 1.31. The van der Waals surface area contributed by atoms with Crippen molar-refractivity contribution in [2.24, 2.45) is 0 Å². The van der Waals surface area contributed by atoms with Crippen molar-refractivity contribution >= 4 is 58.2 Å². The fourth-order valence-electron chi connectivity index (χ4n) is 3.20. The Bertz CT molecular complexity index is 1290. The molecule has 9 heteroatoms. The van der Waals surface area contributed by atoms with E-state index in [0.717, 1.165) is 16.7 Å². The average molecular weight is 514 g/mol. The summed E-state index contributed by atoms with van der Waals surface area (Å²) in [4.78, 5) is 39.4. The van der Waals surface area contributed by atoms with Crippen LogP contribution in [0.2, 0.25) is 10.0 Å². The monoisotopic (exact) mass is 513 g/mol. The van der Waals surface area contributed by atoms with Crippen molar-refractivity contribution in [2.45, 2.75) is 6.54 Å². The zero-order valence-electron chi connectivity index (χ0n) is 17.8. The molecule has 2 amide bonds. The number of esters is 1. The molecule has 0 spiro atoms. The van der Waals surface area contributed by atoms with Crippen LogP contribution in [-0.2, 0) is 11.3 Å². The largest absolute Gasteiger partial charge is 0.497 e. The van der Waals surface area contributed by atoms with Crippen LogP contribution in [0.25, 0.3) is 6.08 Å². The normalized spacial score (nSPS) is 14.6. The van der Waals surface area contributed by atoms with E-state index in [-0.39, 0.29) is 17.2 Å². The molecule has 1 heterocycles. The van der Waals surface area contributed by atoms with Gasteiger partial charge in [0.2, 0.25) is 0 Å². The van der Waals surface area contributed by atoms with Crippen molar-refractivity contribution in [1.29, 1.82) is 0 Å². The quantitative estimate of drug-likeness (QED) is 0.214. The van der Waals surface area contributed by atoms with E-state index in [1.54, 1.807) is 66.7 Å². The van der Waals surface area contributed by atoms with Crippen LogP contribution in [0.5, 0.6) is 11.5 Å². The summed E-state index contributed by atoms with van der Waals surface area (Å²) in [7, 11) is 1.54. The Hall–Kier alpha value is -3.26. The number of halogens is 2. The number of carbonyl (C=O) groups is 3. The van der Waals surface area contributed by atoms with Crippen LogP contribution in [-0.4, -0.2) is 29.1 Å². The highest BCUT2D eigenvalue weighted by molar-refractivity contribution is 8.18. The predicted octanol–water partition coefficient (Wildman–Crippen LogP) is 6.46. The molecule has 1 aliphatic rings.